The molecule has 7 nitrogen and oxygen atoms in total. The van der Waals surface area contributed by atoms with E-state index in [2.05, 4.69) is 65.9 Å². The van der Waals surface area contributed by atoms with Crippen molar-refractivity contribution in [3.8, 4) is 5.69 Å². The number of rotatable bonds is 8. The summed E-state index contributed by atoms with van der Waals surface area (Å²) in [6, 6.07) is 10.4. The van der Waals surface area contributed by atoms with Gasteiger partial charge in [0.2, 0.25) is 0 Å². The second-order valence-electron chi connectivity index (χ2n) is 7.08. The highest BCUT2D eigenvalue weighted by Crippen LogP contribution is 2.12. The number of hydrogen-bond donors (Lipinski definition) is 2. The molecule has 2 heterocycles. The summed E-state index contributed by atoms with van der Waals surface area (Å²) >= 11 is 0. The number of nitrogens with zero attached hydrogens (tertiary/aromatic N) is 5. The van der Waals surface area contributed by atoms with E-state index in [-0.39, 0.29) is 0 Å². The molecule has 29 heavy (non-hydrogen) atoms. The molecule has 7 heteroatoms. The van der Waals surface area contributed by atoms with Crippen LogP contribution in [0.4, 0.5) is 0 Å². The van der Waals surface area contributed by atoms with Gasteiger partial charge in [0, 0.05) is 44.8 Å². The van der Waals surface area contributed by atoms with Crippen LogP contribution >= 0.6 is 0 Å². The highest BCUT2D eigenvalue weighted by atomic mass is 15.3. The first kappa shape index (κ1) is 20.6. The zero-order valence-electron chi connectivity index (χ0n) is 17.8. The molecule has 0 bridgehead atoms. The molecule has 3 aromatic rings. The minimum atomic E-state index is 0.737. The number of aryl methyl sites for hydroxylation is 2. The molecule has 0 radical (unpaired) electrons. The van der Waals surface area contributed by atoms with Crippen LogP contribution in [0.1, 0.15) is 29.4 Å². The van der Waals surface area contributed by atoms with Gasteiger partial charge < -0.3 is 10.6 Å². The van der Waals surface area contributed by atoms with E-state index in [9.17, 15) is 0 Å². The summed E-state index contributed by atoms with van der Waals surface area (Å²) < 4.78 is 3.80. The summed E-state index contributed by atoms with van der Waals surface area (Å²) in [6.45, 7) is 8.67. The third-order valence-corrected chi connectivity index (χ3v) is 5.05. The number of aromatic nitrogens is 4. The summed E-state index contributed by atoms with van der Waals surface area (Å²) in [6.07, 6.45) is 5.57. The quantitative estimate of drug-likeness (QED) is 0.456. The van der Waals surface area contributed by atoms with Crippen molar-refractivity contribution < 1.29 is 0 Å². The van der Waals surface area contributed by atoms with E-state index in [1.165, 1.54) is 16.8 Å². The van der Waals surface area contributed by atoms with E-state index >= 15 is 0 Å². The standard InChI is InChI=1S/C22H31N7/c1-5-23-22(25-15-12-21-17(2)27-28(4)18(21)3)24-14-11-19-7-9-20(10-8-19)29-16-6-13-26-29/h6-10,13,16H,5,11-12,14-15H2,1-4H3,(H2,23,24,25). The molecule has 154 valence electrons. The summed E-state index contributed by atoms with van der Waals surface area (Å²) in [5.41, 5.74) is 5.96. The molecule has 0 aliphatic heterocycles. The first-order chi connectivity index (χ1) is 14.1. The molecular formula is C22H31N7. The predicted molar refractivity (Wildman–Crippen MR) is 118 cm³/mol. The maximum Gasteiger partial charge on any atom is 0.191 e. The van der Waals surface area contributed by atoms with Crippen LogP contribution < -0.4 is 10.6 Å². The van der Waals surface area contributed by atoms with E-state index in [1.807, 2.05) is 28.7 Å². The van der Waals surface area contributed by atoms with Gasteiger partial charge in [-0.3, -0.25) is 9.67 Å². The maximum atomic E-state index is 4.73. The van der Waals surface area contributed by atoms with Crippen LogP contribution in [0.3, 0.4) is 0 Å². The van der Waals surface area contributed by atoms with Gasteiger partial charge in [0.25, 0.3) is 0 Å². The Bertz CT molecular complexity index is 921. The maximum absolute atomic E-state index is 4.73. The average molecular weight is 394 g/mol. The Hall–Kier alpha value is -3.09. The number of nitrogens with one attached hydrogen (secondary N) is 2. The largest absolute Gasteiger partial charge is 0.357 e. The minimum absolute atomic E-state index is 0.737. The lowest BCUT2D eigenvalue weighted by atomic mass is 10.1. The zero-order chi connectivity index (χ0) is 20.6. The van der Waals surface area contributed by atoms with Crippen LogP contribution in [0.5, 0.6) is 0 Å². The van der Waals surface area contributed by atoms with Crippen molar-refractivity contribution in [2.24, 2.45) is 12.0 Å². The summed E-state index contributed by atoms with van der Waals surface area (Å²) in [7, 11) is 1.99. The number of guanidine groups is 1. The lowest BCUT2D eigenvalue weighted by Crippen LogP contribution is -2.38. The normalized spacial score (nSPS) is 11.7. The predicted octanol–water partition coefficient (Wildman–Crippen LogP) is 2.56. The van der Waals surface area contributed by atoms with Gasteiger partial charge in [0.15, 0.2) is 5.96 Å². The molecule has 0 amide bonds. The summed E-state index contributed by atoms with van der Waals surface area (Å²) in [4.78, 5) is 4.73. The van der Waals surface area contributed by atoms with Crippen molar-refractivity contribution in [2.75, 3.05) is 19.6 Å². The van der Waals surface area contributed by atoms with Gasteiger partial charge in [-0.2, -0.15) is 10.2 Å². The van der Waals surface area contributed by atoms with E-state index in [1.54, 1.807) is 6.20 Å². The Kier molecular flexibility index (Phi) is 7.05. The fraction of sp³-hybridized carbons (Fsp3) is 0.409. The van der Waals surface area contributed by atoms with Crippen LogP contribution in [0.25, 0.3) is 5.69 Å². The molecule has 2 aromatic heterocycles. The monoisotopic (exact) mass is 393 g/mol. The van der Waals surface area contributed by atoms with Gasteiger partial charge in [-0.15, -0.1) is 0 Å². The van der Waals surface area contributed by atoms with Crippen molar-refractivity contribution in [2.45, 2.75) is 33.6 Å². The average Bonchev–Trinajstić information content (AvgIpc) is 3.33. The Balaban J connectivity index is 1.50. The number of hydrogen-bond acceptors (Lipinski definition) is 3. The smallest absolute Gasteiger partial charge is 0.191 e. The highest BCUT2D eigenvalue weighted by molar-refractivity contribution is 5.79. The van der Waals surface area contributed by atoms with Crippen LogP contribution in [0.2, 0.25) is 0 Å². The zero-order valence-corrected chi connectivity index (χ0v) is 17.8. The van der Waals surface area contributed by atoms with Crippen LogP contribution in [-0.2, 0) is 19.9 Å². The topological polar surface area (TPSA) is 72.1 Å². The van der Waals surface area contributed by atoms with Gasteiger partial charge in [0.05, 0.1) is 11.4 Å². The Labute approximate surface area is 172 Å². The lowest BCUT2D eigenvalue weighted by molar-refractivity contribution is 0.729. The third kappa shape index (κ3) is 5.47. The van der Waals surface area contributed by atoms with E-state index in [4.69, 9.17) is 4.99 Å². The van der Waals surface area contributed by atoms with Crippen molar-refractivity contribution in [1.82, 2.24) is 30.2 Å². The third-order valence-electron chi connectivity index (χ3n) is 5.05. The lowest BCUT2D eigenvalue weighted by Gasteiger charge is -2.11. The number of aliphatic imine (C=N–C) groups is 1. The molecule has 3 rings (SSSR count). The molecule has 0 atom stereocenters. The van der Waals surface area contributed by atoms with Crippen molar-refractivity contribution in [3.63, 3.8) is 0 Å². The Morgan fingerprint density at radius 3 is 2.52 bits per heavy atom. The van der Waals surface area contributed by atoms with Crippen molar-refractivity contribution >= 4 is 5.96 Å². The van der Waals surface area contributed by atoms with E-state index in [0.717, 1.165) is 49.8 Å². The molecule has 0 saturated heterocycles. The Morgan fingerprint density at radius 2 is 1.90 bits per heavy atom. The fourth-order valence-electron chi connectivity index (χ4n) is 3.36. The minimum Gasteiger partial charge on any atom is -0.357 e. The summed E-state index contributed by atoms with van der Waals surface area (Å²) in [5.74, 6) is 0.861. The molecule has 0 saturated carbocycles. The van der Waals surface area contributed by atoms with E-state index in [0.29, 0.717) is 0 Å². The number of benzene rings is 1. The second-order valence-corrected chi connectivity index (χ2v) is 7.08. The molecule has 0 spiro atoms. The first-order valence-corrected chi connectivity index (χ1v) is 10.2. The van der Waals surface area contributed by atoms with Crippen molar-refractivity contribution in [3.05, 3.63) is 65.2 Å². The first-order valence-electron chi connectivity index (χ1n) is 10.2. The van der Waals surface area contributed by atoms with Crippen molar-refractivity contribution in [1.29, 1.82) is 0 Å². The molecule has 0 unspecified atom stereocenters. The highest BCUT2D eigenvalue weighted by Gasteiger charge is 2.08. The van der Waals surface area contributed by atoms with Gasteiger partial charge in [-0.05, 0) is 62.9 Å². The molecule has 1 aromatic carbocycles. The van der Waals surface area contributed by atoms with Gasteiger partial charge in [-0.25, -0.2) is 4.68 Å². The SMILES string of the molecule is CCNC(=NCCc1c(C)nn(C)c1C)NCCc1ccc(-n2cccn2)cc1. The Morgan fingerprint density at radius 1 is 1.10 bits per heavy atom. The van der Waals surface area contributed by atoms with E-state index < -0.39 is 0 Å². The van der Waals surface area contributed by atoms with Gasteiger partial charge >= 0.3 is 0 Å². The van der Waals surface area contributed by atoms with Crippen LogP contribution in [0.15, 0.2) is 47.7 Å². The molecule has 0 fully saturated rings. The molecular weight excluding hydrogens is 362 g/mol. The molecule has 2 N–H and O–H groups in total. The van der Waals surface area contributed by atoms with Crippen LogP contribution in [0, 0.1) is 13.8 Å². The second kappa shape index (κ2) is 9.91. The van der Waals surface area contributed by atoms with Gasteiger partial charge in [-0.1, -0.05) is 12.1 Å². The molecule has 0 aliphatic carbocycles. The van der Waals surface area contributed by atoms with Gasteiger partial charge in [0.1, 0.15) is 0 Å². The molecule has 0 aliphatic rings. The summed E-state index contributed by atoms with van der Waals surface area (Å²) in [5, 5.41) is 15.5. The fourth-order valence-corrected chi connectivity index (χ4v) is 3.36. The van der Waals surface area contributed by atoms with Crippen LogP contribution in [-0.4, -0.2) is 45.2 Å².